The molecule has 27 heavy (non-hydrogen) atoms. The number of rotatable bonds is 11. The third kappa shape index (κ3) is 7.09. The van der Waals surface area contributed by atoms with Crippen molar-refractivity contribution in [2.45, 2.75) is 39.2 Å². The molecule has 0 spiro atoms. The Hall–Kier alpha value is -2.28. The number of methoxy groups -OCH3 is 1. The van der Waals surface area contributed by atoms with E-state index in [2.05, 4.69) is 22.5 Å². The van der Waals surface area contributed by atoms with Gasteiger partial charge in [0, 0.05) is 26.8 Å². The van der Waals surface area contributed by atoms with Crippen molar-refractivity contribution < 1.29 is 14.3 Å². The van der Waals surface area contributed by atoms with Crippen LogP contribution in [0.1, 0.15) is 38.2 Å². The molecule has 0 unspecified atom stereocenters. The number of primary amides is 1. The Kier molecular flexibility index (Phi) is 8.39. The van der Waals surface area contributed by atoms with Gasteiger partial charge in [0.2, 0.25) is 0 Å². The Balaban J connectivity index is 1.92. The van der Waals surface area contributed by atoms with E-state index in [9.17, 15) is 4.79 Å². The van der Waals surface area contributed by atoms with Crippen LogP contribution >= 0.6 is 0 Å². The fraction of sp³-hybridized carbons (Fsp3) is 0.600. The standard InChI is InChI=1S/C20H32N4O3/c1-3-22-19(24-15-20(8-5-9-20)10-11-26-2)23-13-16-6-4-7-17(12-16)27-14-18(21)25/h4,6-7,12H,3,5,8-11,13-15H2,1-2H3,(H2,21,25)(H2,22,23,24). The van der Waals surface area contributed by atoms with E-state index in [1.807, 2.05) is 18.2 Å². The molecule has 0 bridgehead atoms. The average Bonchev–Trinajstić information content (AvgIpc) is 2.63. The lowest BCUT2D eigenvalue weighted by atomic mass is 9.67. The lowest BCUT2D eigenvalue weighted by Crippen LogP contribution is -2.46. The maximum absolute atomic E-state index is 10.8. The predicted molar refractivity (Wildman–Crippen MR) is 107 cm³/mol. The van der Waals surface area contributed by atoms with E-state index in [0.29, 0.717) is 17.7 Å². The number of benzene rings is 1. The molecule has 1 amide bonds. The molecule has 1 aromatic carbocycles. The minimum atomic E-state index is -0.490. The van der Waals surface area contributed by atoms with Crippen molar-refractivity contribution in [2.24, 2.45) is 16.1 Å². The van der Waals surface area contributed by atoms with Crippen LogP contribution in [0, 0.1) is 5.41 Å². The van der Waals surface area contributed by atoms with Gasteiger partial charge in [-0.05, 0) is 49.3 Å². The third-order valence-electron chi connectivity index (χ3n) is 4.93. The minimum absolute atomic E-state index is 0.125. The summed E-state index contributed by atoms with van der Waals surface area (Å²) in [5.41, 5.74) is 6.45. The number of nitrogens with one attached hydrogen (secondary N) is 2. The van der Waals surface area contributed by atoms with E-state index in [1.165, 1.54) is 19.3 Å². The SMILES string of the molecule is CCNC(=NCc1cccc(OCC(N)=O)c1)NCC1(CCOC)CCC1. The molecular weight excluding hydrogens is 344 g/mol. The molecule has 0 radical (unpaired) electrons. The highest BCUT2D eigenvalue weighted by molar-refractivity contribution is 5.79. The van der Waals surface area contributed by atoms with E-state index >= 15 is 0 Å². The van der Waals surface area contributed by atoms with E-state index in [0.717, 1.165) is 37.6 Å². The molecule has 0 aromatic heterocycles. The molecule has 150 valence electrons. The van der Waals surface area contributed by atoms with Gasteiger partial charge in [-0.25, -0.2) is 4.99 Å². The Morgan fingerprint density at radius 2 is 2.15 bits per heavy atom. The van der Waals surface area contributed by atoms with Crippen molar-refractivity contribution in [2.75, 3.05) is 33.4 Å². The first-order chi connectivity index (χ1) is 13.1. The fourth-order valence-corrected chi connectivity index (χ4v) is 3.18. The Morgan fingerprint density at radius 1 is 1.33 bits per heavy atom. The van der Waals surface area contributed by atoms with Crippen molar-refractivity contribution in [1.29, 1.82) is 0 Å². The van der Waals surface area contributed by atoms with Crippen molar-refractivity contribution in [3.8, 4) is 5.75 Å². The van der Waals surface area contributed by atoms with Crippen LogP contribution in [0.15, 0.2) is 29.3 Å². The molecule has 7 heteroatoms. The van der Waals surface area contributed by atoms with Gasteiger partial charge in [0.25, 0.3) is 5.91 Å². The number of carbonyl (C=O) groups excluding carboxylic acids is 1. The van der Waals surface area contributed by atoms with E-state index in [-0.39, 0.29) is 6.61 Å². The van der Waals surface area contributed by atoms with Crippen LogP contribution in [0.25, 0.3) is 0 Å². The van der Waals surface area contributed by atoms with Crippen LogP contribution in [-0.2, 0) is 16.1 Å². The molecule has 7 nitrogen and oxygen atoms in total. The normalized spacial score (nSPS) is 15.7. The van der Waals surface area contributed by atoms with Crippen molar-refractivity contribution >= 4 is 11.9 Å². The number of amides is 1. The number of ether oxygens (including phenoxy) is 2. The van der Waals surface area contributed by atoms with Crippen LogP contribution in [-0.4, -0.2) is 45.3 Å². The first-order valence-corrected chi connectivity index (χ1v) is 9.58. The van der Waals surface area contributed by atoms with Gasteiger partial charge >= 0.3 is 0 Å². The van der Waals surface area contributed by atoms with Crippen molar-refractivity contribution in [3.63, 3.8) is 0 Å². The Labute approximate surface area is 161 Å². The van der Waals surface area contributed by atoms with E-state index < -0.39 is 5.91 Å². The molecule has 1 aromatic rings. The predicted octanol–water partition coefficient (Wildman–Crippen LogP) is 1.81. The second-order valence-corrected chi connectivity index (χ2v) is 7.05. The summed E-state index contributed by atoms with van der Waals surface area (Å²) in [7, 11) is 1.76. The molecule has 0 aliphatic heterocycles. The summed E-state index contributed by atoms with van der Waals surface area (Å²) in [6.45, 7) is 4.96. The number of nitrogens with zero attached hydrogens (tertiary/aromatic N) is 1. The first-order valence-electron chi connectivity index (χ1n) is 9.58. The zero-order valence-electron chi connectivity index (χ0n) is 16.4. The Morgan fingerprint density at radius 3 is 2.78 bits per heavy atom. The van der Waals surface area contributed by atoms with Gasteiger partial charge in [0.05, 0.1) is 6.54 Å². The van der Waals surface area contributed by atoms with Crippen LogP contribution in [0.2, 0.25) is 0 Å². The molecule has 0 atom stereocenters. The quantitative estimate of drug-likeness (QED) is 0.404. The van der Waals surface area contributed by atoms with Gasteiger partial charge in [-0.15, -0.1) is 0 Å². The van der Waals surface area contributed by atoms with E-state index in [1.54, 1.807) is 13.2 Å². The van der Waals surface area contributed by atoms with Crippen LogP contribution in [0.3, 0.4) is 0 Å². The Bertz CT molecular complexity index is 629. The summed E-state index contributed by atoms with van der Waals surface area (Å²) in [4.78, 5) is 15.5. The van der Waals surface area contributed by atoms with Gasteiger partial charge in [-0.2, -0.15) is 0 Å². The molecule has 2 rings (SSSR count). The smallest absolute Gasteiger partial charge is 0.255 e. The van der Waals surface area contributed by atoms with Crippen molar-refractivity contribution in [1.82, 2.24) is 10.6 Å². The monoisotopic (exact) mass is 376 g/mol. The van der Waals surface area contributed by atoms with Crippen molar-refractivity contribution in [3.05, 3.63) is 29.8 Å². The summed E-state index contributed by atoms with van der Waals surface area (Å²) in [5, 5.41) is 6.79. The number of carbonyl (C=O) groups is 1. The second-order valence-electron chi connectivity index (χ2n) is 7.05. The maximum Gasteiger partial charge on any atom is 0.255 e. The summed E-state index contributed by atoms with van der Waals surface area (Å²) < 4.78 is 10.6. The second kappa shape index (κ2) is 10.8. The van der Waals surface area contributed by atoms with Gasteiger partial charge in [0.15, 0.2) is 12.6 Å². The summed E-state index contributed by atoms with van der Waals surface area (Å²) in [6, 6.07) is 7.55. The lowest BCUT2D eigenvalue weighted by molar-refractivity contribution is -0.119. The number of hydrogen-bond donors (Lipinski definition) is 3. The van der Waals surface area contributed by atoms with Crippen LogP contribution < -0.4 is 21.1 Å². The van der Waals surface area contributed by atoms with Crippen LogP contribution in [0.5, 0.6) is 5.75 Å². The largest absolute Gasteiger partial charge is 0.484 e. The molecule has 1 aliphatic rings. The van der Waals surface area contributed by atoms with Gasteiger partial charge in [0.1, 0.15) is 5.75 Å². The average molecular weight is 377 g/mol. The number of guanidine groups is 1. The molecular formula is C20H32N4O3. The maximum atomic E-state index is 10.8. The highest BCUT2D eigenvalue weighted by Gasteiger charge is 2.36. The summed E-state index contributed by atoms with van der Waals surface area (Å²) >= 11 is 0. The fourth-order valence-electron chi connectivity index (χ4n) is 3.18. The van der Waals surface area contributed by atoms with E-state index in [4.69, 9.17) is 15.2 Å². The number of hydrogen-bond acceptors (Lipinski definition) is 4. The van der Waals surface area contributed by atoms with Gasteiger partial charge in [-0.1, -0.05) is 18.6 Å². The molecule has 1 fully saturated rings. The summed E-state index contributed by atoms with van der Waals surface area (Å²) in [5.74, 6) is 0.938. The molecule has 0 saturated heterocycles. The first kappa shape index (κ1) is 21.0. The lowest BCUT2D eigenvalue weighted by Gasteiger charge is -2.42. The molecule has 1 saturated carbocycles. The highest BCUT2D eigenvalue weighted by atomic mass is 16.5. The zero-order valence-corrected chi connectivity index (χ0v) is 16.4. The minimum Gasteiger partial charge on any atom is -0.484 e. The number of nitrogens with two attached hydrogens (primary N) is 1. The molecule has 0 heterocycles. The van der Waals surface area contributed by atoms with Gasteiger partial charge < -0.3 is 25.8 Å². The molecule has 4 N–H and O–H groups in total. The van der Waals surface area contributed by atoms with Gasteiger partial charge in [-0.3, -0.25) is 4.79 Å². The highest BCUT2D eigenvalue weighted by Crippen LogP contribution is 2.43. The summed E-state index contributed by atoms with van der Waals surface area (Å²) in [6.07, 6.45) is 4.84. The third-order valence-corrected chi connectivity index (χ3v) is 4.93. The topological polar surface area (TPSA) is 98.0 Å². The molecule has 1 aliphatic carbocycles. The number of aliphatic imine (C=N–C) groups is 1. The zero-order chi connectivity index (χ0) is 19.5. The van der Waals surface area contributed by atoms with Crippen LogP contribution in [0.4, 0.5) is 0 Å².